The minimum Gasteiger partial charge on any atom is -0.269 e. The normalized spacial score (nSPS) is 10.9. The van der Waals surface area contributed by atoms with Crippen molar-refractivity contribution in [3.63, 3.8) is 0 Å². The summed E-state index contributed by atoms with van der Waals surface area (Å²) >= 11 is 1.40. The van der Waals surface area contributed by atoms with Crippen LogP contribution in [0, 0.1) is 20.8 Å². The molecule has 0 saturated heterocycles. The third kappa shape index (κ3) is 3.25. The summed E-state index contributed by atoms with van der Waals surface area (Å²) < 4.78 is 0. The van der Waals surface area contributed by atoms with Crippen LogP contribution in [-0.2, 0) is 11.4 Å². The molecule has 1 amide bonds. The van der Waals surface area contributed by atoms with Crippen LogP contribution in [0.25, 0.3) is 10.2 Å². The van der Waals surface area contributed by atoms with Crippen molar-refractivity contribution in [1.29, 1.82) is 0 Å². The molecular formula is C18H18N2O2S. The molecule has 0 aliphatic heterocycles. The number of nitrogens with zero attached hydrogens (tertiary/aromatic N) is 1. The van der Waals surface area contributed by atoms with Gasteiger partial charge in [-0.15, -0.1) is 11.3 Å². The highest BCUT2D eigenvalue weighted by atomic mass is 32.1. The quantitative estimate of drug-likeness (QED) is 0.735. The fourth-order valence-corrected chi connectivity index (χ4v) is 3.83. The smallest absolute Gasteiger partial charge is 0.269 e. The molecule has 0 saturated carbocycles. The second-order valence-corrected chi connectivity index (χ2v) is 6.52. The Morgan fingerprint density at radius 1 is 1.22 bits per heavy atom. The number of carbonyl (C=O) groups is 1. The summed E-state index contributed by atoms with van der Waals surface area (Å²) in [7, 11) is 0. The predicted octanol–water partition coefficient (Wildman–Crippen LogP) is 4.08. The van der Waals surface area contributed by atoms with Gasteiger partial charge in [0.05, 0.1) is 11.5 Å². The van der Waals surface area contributed by atoms with E-state index in [9.17, 15) is 4.79 Å². The average molecular weight is 326 g/mol. The molecular weight excluding hydrogens is 308 g/mol. The average Bonchev–Trinajstić information content (AvgIpc) is 2.85. The van der Waals surface area contributed by atoms with Crippen molar-refractivity contribution in [3.8, 4) is 0 Å². The Morgan fingerprint density at radius 2 is 1.96 bits per heavy atom. The molecule has 1 N–H and O–H groups in total. The van der Waals surface area contributed by atoms with Crippen molar-refractivity contribution in [2.45, 2.75) is 27.4 Å². The highest BCUT2D eigenvalue weighted by Gasteiger charge is 2.18. The fraction of sp³-hybridized carbons (Fsp3) is 0.222. The second kappa shape index (κ2) is 6.48. The van der Waals surface area contributed by atoms with Gasteiger partial charge in [-0.3, -0.25) is 9.63 Å². The molecule has 0 radical (unpaired) electrons. The number of thiophene rings is 1. The Kier molecular flexibility index (Phi) is 4.41. The zero-order valence-electron chi connectivity index (χ0n) is 13.3. The van der Waals surface area contributed by atoms with Crippen LogP contribution in [0.4, 0.5) is 0 Å². The highest BCUT2D eigenvalue weighted by Crippen LogP contribution is 2.32. The summed E-state index contributed by atoms with van der Waals surface area (Å²) in [5.41, 5.74) is 6.60. The van der Waals surface area contributed by atoms with Crippen LogP contribution < -0.4 is 5.48 Å². The maximum Gasteiger partial charge on any atom is 0.285 e. The van der Waals surface area contributed by atoms with E-state index in [1.54, 1.807) is 0 Å². The maximum absolute atomic E-state index is 12.4. The lowest BCUT2D eigenvalue weighted by molar-refractivity contribution is 0.0236. The van der Waals surface area contributed by atoms with Crippen LogP contribution in [0.15, 0.2) is 36.4 Å². The monoisotopic (exact) mass is 326 g/mol. The van der Waals surface area contributed by atoms with E-state index in [1.165, 1.54) is 11.3 Å². The summed E-state index contributed by atoms with van der Waals surface area (Å²) in [4.78, 5) is 23.8. The number of hydrogen-bond donors (Lipinski definition) is 1. The van der Waals surface area contributed by atoms with Gasteiger partial charge in [0.2, 0.25) is 0 Å². The zero-order chi connectivity index (χ0) is 16.4. The first-order chi connectivity index (χ1) is 11.1. The molecule has 0 aliphatic carbocycles. The van der Waals surface area contributed by atoms with Gasteiger partial charge >= 0.3 is 0 Å². The van der Waals surface area contributed by atoms with Crippen molar-refractivity contribution < 1.29 is 9.63 Å². The van der Waals surface area contributed by atoms with E-state index in [2.05, 4.69) is 10.5 Å². The zero-order valence-corrected chi connectivity index (χ0v) is 14.2. The van der Waals surface area contributed by atoms with Crippen LogP contribution >= 0.6 is 11.3 Å². The number of benzene rings is 1. The first-order valence-electron chi connectivity index (χ1n) is 7.39. The lowest BCUT2D eigenvalue weighted by Crippen LogP contribution is -2.23. The van der Waals surface area contributed by atoms with E-state index in [4.69, 9.17) is 4.84 Å². The lowest BCUT2D eigenvalue weighted by atomic mass is 10.1. The number of pyridine rings is 1. The molecule has 4 nitrogen and oxygen atoms in total. The summed E-state index contributed by atoms with van der Waals surface area (Å²) in [5, 5.41) is 1.06. The number of nitrogens with one attached hydrogen (secondary N) is 1. The number of hydroxylamine groups is 1. The van der Waals surface area contributed by atoms with E-state index < -0.39 is 0 Å². The molecule has 5 heteroatoms. The minimum atomic E-state index is -0.224. The van der Waals surface area contributed by atoms with E-state index >= 15 is 0 Å². The number of fused-ring (bicyclic) bond motifs is 1. The van der Waals surface area contributed by atoms with Gasteiger partial charge in [-0.25, -0.2) is 10.5 Å². The predicted molar refractivity (Wildman–Crippen MR) is 92.5 cm³/mol. The van der Waals surface area contributed by atoms with Crippen molar-refractivity contribution in [3.05, 3.63) is 63.7 Å². The van der Waals surface area contributed by atoms with Crippen LogP contribution in [0.2, 0.25) is 0 Å². The molecule has 0 atom stereocenters. The largest absolute Gasteiger partial charge is 0.285 e. The molecule has 0 bridgehead atoms. The van der Waals surface area contributed by atoms with Gasteiger partial charge in [0.25, 0.3) is 5.91 Å². The summed E-state index contributed by atoms with van der Waals surface area (Å²) in [6.45, 7) is 6.30. The maximum atomic E-state index is 12.4. The molecule has 0 fully saturated rings. The topological polar surface area (TPSA) is 51.2 Å². The van der Waals surface area contributed by atoms with Crippen LogP contribution in [0.1, 0.15) is 32.1 Å². The van der Waals surface area contributed by atoms with Crippen LogP contribution in [0.5, 0.6) is 0 Å². The molecule has 1 aromatic carbocycles. The van der Waals surface area contributed by atoms with Gasteiger partial charge in [-0.05, 0) is 43.5 Å². The fourth-order valence-electron chi connectivity index (χ4n) is 2.64. The van der Waals surface area contributed by atoms with Crippen molar-refractivity contribution in [2.24, 2.45) is 0 Å². The molecule has 3 rings (SSSR count). The number of aryl methyl sites for hydroxylation is 3. The number of hydrogen-bond acceptors (Lipinski definition) is 4. The molecule has 0 unspecified atom stereocenters. The van der Waals surface area contributed by atoms with E-state index in [-0.39, 0.29) is 5.91 Å². The van der Waals surface area contributed by atoms with Crippen LogP contribution in [-0.4, -0.2) is 10.9 Å². The molecule has 0 aliphatic rings. The lowest BCUT2D eigenvalue weighted by Gasteiger charge is -2.05. The first-order valence-corrected chi connectivity index (χ1v) is 8.21. The Hall–Kier alpha value is -2.24. The highest BCUT2D eigenvalue weighted by molar-refractivity contribution is 7.20. The van der Waals surface area contributed by atoms with Crippen molar-refractivity contribution in [2.75, 3.05) is 0 Å². The van der Waals surface area contributed by atoms with Gasteiger partial charge in [0.15, 0.2) is 0 Å². The standard InChI is InChI=1S/C18H18N2O2S/c1-11-9-12(2)19-18-15(11)13(3)16(23-18)17(21)20-22-10-14-7-5-4-6-8-14/h4-9H,10H2,1-3H3,(H,20,21). The third-order valence-electron chi connectivity index (χ3n) is 3.68. The molecule has 23 heavy (non-hydrogen) atoms. The molecule has 2 aromatic heterocycles. The number of amides is 1. The van der Waals surface area contributed by atoms with E-state index in [1.807, 2.05) is 57.2 Å². The Labute approximate surface area is 139 Å². The first kappa shape index (κ1) is 15.6. The SMILES string of the molecule is Cc1cc(C)c2c(C)c(C(=O)NOCc3ccccc3)sc2n1. The van der Waals surface area contributed by atoms with Crippen LogP contribution in [0.3, 0.4) is 0 Å². The minimum absolute atomic E-state index is 0.224. The number of carbonyl (C=O) groups excluding carboxylic acids is 1. The Balaban J connectivity index is 1.76. The molecule has 0 spiro atoms. The number of rotatable bonds is 4. The van der Waals surface area contributed by atoms with Gasteiger partial charge < -0.3 is 0 Å². The van der Waals surface area contributed by atoms with Gasteiger partial charge in [-0.1, -0.05) is 30.3 Å². The van der Waals surface area contributed by atoms with E-state index in [0.717, 1.165) is 32.6 Å². The van der Waals surface area contributed by atoms with Crippen molar-refractivity contribution >= 4 is 27.5 Å². The summed E-state index contributed by atoms with van der Waals surface area (Å²) in [6, 6.07) is 11.8. The Morgan fingerprint density at radius 3 is 2.70 bits per heavy atom. The van der Waals surface area contributed by atoms with Crippen molar-refractivity contribution in [1.82, 2.24) is 10.5 Å². The summed E-state index contributed by atoms with van der Waals surface area (Å²) in [6.07, 6.45) is 0. The molecule has 3 aromatic rings. The summed E-state index contributed by atoms with van der Waals surface area (Å²) in [5.74, 6) is -0.224. The van der Waals surface area contributed by atoms with Gasteiger partial charge in [0, 0.05) is 11.1 Å². The van der Waals surface area contributed by atoms with Gasteiger partial charge in [-0.2, -0.15) is 0 Å². The third-order valence-corrected chi connectivity index (χ3v) is 4.86. The van der Waals surface area contributed by atoms with Gasteiger partial charge in [0.1, 0.15) is 4.83 Å². The van der Waals surface area contributed by atoms with E-state index in [0.29, 0.717) is 11.5 Å². The molecule has 118 valence electrons. The molecule has 2 heterocycles. The second-order valence-electron chi connectivity index (χ2n) is 5.52. The Bertz CT molecular complexity index is 856. The number of aromatic nitrogens is 1.